The van der Waals surface area contributed by atoms with Crippen LogP contribution < -0.4 is 9.64 Å². The standard InChI is InChI=1S/C15H10FNO4/c1-21-13-6-10(16)12(18)7-11(13)17-14(19)8-4-2-3-5-9(8)15(17)20/h2-7,18H,1H3. The zero-order valence-corrected chi connectivity index (χ0v) is 11.0. The van der Waals surface area contributed by atoms with Crippen LogP contribution in [0.5, 0.6) is 11.5 Å². The Morgan fingerprint density at radius 1 is 1.10 bits per heavy atom. The maximum atomic E-state index is 13.4. The van der Waals surface area contributed by atoms with Gasteiger partial charge in [0.1, 0.15) is 5.75 Å². The van der Waals surface area contributed by atoms with Crippen molar-refractivity contribution in [1.82, 2.24) is 0 Å². The summed E-state index contributed by atoms with van der Waals surface area (Å²) in [6, 6.07) is 8.28. The largest absolute Gasteiger partial charge is 0.505 e. The average molecular weight is 287 g/mol. The van der Waals surface area contributed by atoms with Crippen LogP contribution in [0.2, 0.25) is 0 Å². The van der Waals surface area contributed by atoms with Crippen molar-refractivity contribution in [2.45, 2.75) is 0 Å². The van der Waals surface area contributed by atoms with Gasteiger partial charge in [0, 0.05) is 12.1 Å². The summed E-state index contributed by atoms with van der Waals surface area (Å²) in [5.41, 5.74) is 0.518. The zero-order valence-electron chi connectivity index (χ0n) is 11.0. The highest BCUT2D eigenvalue weighted by Crippen LogP contribution is 2.38. The van der Waals surface area contributed by atoms with E-state index in [0.717, 1.165) is 17.0 Å². The number of anilines is 1. The molecule has 106 valence electrons. The lowest BCUT2D eigenvalue weighted by atomic mass is 10.1. The SMILES string of the molecule is COc1cc(F)c(O)cc1N1C(=O)c2ccccc2C1=O. The molecule has 0 spiro atoms. The lowest BCUT2D eigenvalue weighted by Crippen LogP contribution is -2.29. The molecule has 0 radical (unpaired) electrons. The van der Waals surface area contributed by atoms with Crippen molar-refractivity contribution in [1.29, 1.82) is 0 Å². The van der Waals surface area contributed by atoms with Gasteiger partial charge in [-0.3, -0.25) is 9.59 Å². The number of methoxy groups -OCH3 is 1. The highest BCUT2D eigenvalue weighted by molar-refractivity contribution is 6.34. The number of ether oxygens (including phenoxy) is 1. The molecule has 0 aromatic heterocycles. The van der Waals surface area contributed by atoms with E-state index in [1.165, 1.54) is 19.2 Å². The predicted octanol–water partition coefficient (Wildman–Crippen LogP) is 2.34. The van der Waals surface area contributed by atoms with Gasteiger partial charge in [0.15, 0.2) is 11.6 Å². The van der Waals surface area contributed by atoms with Crippen molar-refractivity contribution in [3.05, 3.63) is 53.3 Å². The summed E-state index contributed by atoms with van der Waals surface area (Å²) in [6.45, 7) is 0. The maximum absolute atomic E-state index is 13.4. The van der Waals surface area contributed by atoms with Gasteiger partial charge in [-0.15, -0.1) is 0 Å². The summed E-state index contributed by atoms with van der Waals surface area (Å²) in [6.07, 6.45) is 0. The number of halogens is 1. The van der Waals surface area contributed by atoms with Crippen LogP contribution in [0.25, 0.3) is 0 Å². The Bertz CT molecular complexity index is 737. The molecule has 0 aliphatic carbocycles. The maximum Gasteiger partial charge on any atom is 0.266 e. The fraction of sp³-hybridized carbons (Fsp3) is 0.0667. The van der Waals surface area contributed by atoms with E-state index in [0.29, 0.717) is 0 Å². The third kappa shape index (κ3) is 1.84. The first-order chi connectivity index (χ1) is 10.0. The number of imide groups is 1. The molecule has 0 saturated heterocycles. The minimum absolute atomic E-state index is 0.00241. The molecule has 1 aliphatic heterocycles. The second kappa shape index (κ2) is 4.59. The number of aromatic hydroxyl groups is 1. The van der Waals surface area contributed by atoms with E-state index >= 15 is 0 Å². The molecule has 2 aromatic carbocycles. The highest BCUT2D eigenvalue weighted by atomic mass is 19.1. The van der Waals surface area contributed by atoms with E-state index in [1.807, 2.05) is 0 Å². The number of carbonyl (C=O) groups excluding carboxylic acids is 2. The topological polar surface area (TPSA) is 66.8 Å². The summed E-state index contributed by atoms with van der Waals surface area (Å²) in [5.74, 6) is -2.66. The predicted molar refractivity (Wildman–Crippen MR) is 72.2 cm³/mol. The molecule has 0 saturated carbocycles. The summed E-state index contributed by atoms with van der Waals surface area (Å²) >= 11 is 0. The Balaban J connectivity index is 2.17. The van der Waals surface area contributed by atoms with Gasteiger partial charge in [-0.1, -0.05) is 12.1 Å². The van der Waals surface area contributed by atoms with Crippen molar-refractivity contribution in [2.75, 3.05) is 12.0 Å². The van der Waals surface area contributed by atoms with Crippen molar-refractivity contribution < 1.29 is 23.8 Å². The summed E-state index contributed by atoms with van der Waals surface area (Å²) in [7, 11) is 1.29. The molecule has 6 heteroatoms. The van der Waals surface area contributed by atoms with Crippen LogP contribution in [0.1, 0.15) is 20.7 Å². The molecule has 5 nitrogen and oxygen atoms in total. The fourth-order valence-electron chi connectivity index (χ4n) is 2.28. The lowest BCUT2D eigenvalue weighted by Gasteiger charge is -2.17. The van der Waals surface area contributed by atoms with Gasteiger partial charge in [-0.2, -0.15) is 0 Å². The Morgan fingerprint density at radius 3 is 2.19 bits per heavy atom. The van der Waals surface area contributed by atoms with Gasteiger partial charge in [0.05, 0.1) is 23.9 Å². The molecule has 3 rings (SSSR count). The zero-order chi connectivity index (χ0) is 15.1. The molecule has 2 amide bonds. The minimum atomic E-state index is -0.896. The van der Waals surface area contributed by atoms with Crippen LogP contribution in [0.15, 0.2) is 36.4 Å². The van der Waals surface area contributed by atoms with Crippen LogP contribution in [0.3, 0.4) is 0 Å². The van der Waals surface area contributed by atoms with Gasteiger partial charge in [0.2, 0.25) is 0 Å². The van der Waals surface area contributed by atoms with Crippen molar-refractivity contribution in [3.8, 4) is 11.5 Å². The third-order valence-electron chi connectivity index (χ3n) is 3.28. The Kier molecular flexibility index (Phi) is 2.86. The van der Waals surface area contributed by atoms with Gasteiger partial charge in [0.25, 0.3) is 11.8 Å². The summed E-state index contributed by atoms with van der Waals surface area (Å²) in [5, 5.41) is 9.49. The van der Waals surface area contributed by atoms with E-state index in [-0.39, 0.29) is 22.6 Å². The fourth-order valence-corrected chi connectivity index (χ4v) is 2.28. The average Bonchev–Trinajstić information content (AvgIpc) is 2.74. The molecule has 0 unspecified atom stereocenters. The van der Waals surface area contributed by atoms with Crippen LogP contribution >= 0.6 is 0 Å². The van der Waals surface area contributed by atoms with E-state index in [1.54, 1.807) is 12.1 Å². The third-order valence-corrected chi connectivity index (χ3v) is 3.28. The normalized spacial score (nSPS) is 13.5. The summed E-state index contributed by atoms with van der Waals surface area (Å²) in [4.78, 5) is 25.6. The molecule has 2 aromatic rings. The van der Waals surface area contributed by atoms with Crippen molar-refractivity contribution in [2.24, 2.45) is 0 Å². The minimum Gasteiger partial charge on any atom is -0.505 e. The number of amides is 2. The second-order valence-electron chi connectivity index (χ2n) is 4.47. The quantitative estimate of drug-likeness (QED) is 0.861. The second-order valence-corrected chi connectivity index (χ2v) is 4.47. The van der Waals surface area contributed by atoms with Gasteiger partial charge >= 0.3 is 0 Å². The van der Waals surface area contributed by atoms with Gasteiger partial charge in [-0.05, 0) is 12.1 Å². The van der Waals surface area contributed by atoms with E-state index in [9.17, 15) is 19.1 Å². The molecule has 0 bridgehead atoms. The number of nitrogens with zero attached hydrogens (tertiary/aromatic N) is 1. The van der Waals surface area contributed by atoms with E-state index in [2.05, 4.69) is 0 Å². The molecule has 1 aliphatic rings. The lowest BCUT2D eigenvalue weighted by molar-refractivity contribution is 0.0925. The van der Waals surface area contributed by atoms with Crippen molar-refractivity contribution >= 4 is 17.5 Å². The molecule has 21 heavy (non-hydrogen) atoms. The molecule has 0 atom stereocenters. The highest BCUT2D eigenvalue weighted by Gasteiger charge is 2.38. The van der Waals surface area contributed by atoms with Gasteiger partial charge in [-0.25, -0.2) is 9.29 Å². The Morgan fingerprint density at radius 2 is 1.67 bits per heavy atom. The number of benzene rings is 2. The first kappa shape index (κ1) is 13.1. The van der Waals surface area contributed by atoms with Crippen LogP contribution in [0.4, 0.5) is 10.1 Å². The first-order valence-electron chi connectivity index (χ1n) is 6.09. The molecule has 0 fully saturated rings. The Hall–Kier alpha value is -2.89. The molecule has 1 heterocycles. The van der Waals surface area contributed by atoms with E-state index < -0.39 is 23.4 Å². The number of hydrogen-bond donors (Lipinski definition) is 1. The number of rotatable bonds is 2. The summed E-state index contributed by atoms with van der Waals surface area (Å²) < 4.78 is 18.4. The number of fused-ring (bicyclic) bond motifs is 1. The van der Waals surface area contributed by atoms with E-state index in [4.69, 9.17) is 4.74 Å². The number of phenols is 1. The van der Waals surface area contributed by atoms with Crippen LogP contribution in [-0.4, -0.2) is 24.0 Å². The molecular formula is C15H10FNO4. The smallest absolute Gasteiger partial charge is 0.266 e. The van der Waals surface area contributed by atoms with Crippen LogP contribution in [0, 0.1) is 5.82 Å². The number of hydrogen-bond acceptors (Lipinski definition) is 4. The first-order valence-corrected chi connectivity index (χ1v) is 6.09. The number of phenolic OH excluding ortho intramolecular Hbond substituents is 1. The monoisotopic (exact) mass is 287 g/mol. The van der Waals surface area contributed by atoms with Gasteiger partial charge < -0.3 is 9.84 Å². The number of carbonyl (C=O) groups is 2. The molecular weight excluding hydrogens is 277 g/mol. The Labute approximate surface area is 119 Å². The van der Waals surface area contributed by atoms with Crippen LogP contribution in [-0.2, 0) is 0 Å². The van der Waals surface area contributed by atoms with Crippen molar-refractivity contribution in [3.63, 3.8) is 0 Å². The molecule has 1 N–H and O–H groups in total.